The van der Waals surface area contributed by atoms with Gasteiger partial charge < -0.3 is 15.0 Å². The van der Waals surface area contributed by atoms with Crippen LogP contribution in [-0.2, 0) is 13.0 Å². The topological polar surface area (TPSA) is 53.1 Å². The Kier molecular flexibility index (Phi) is 5.04. The number of ether oxygens (including phenoxy) is 1. The molecule has 0 aliphatic heterocycles. The van der Waals surface area contributed by atoms with Crippen LogP contribution in [-0.4, -0.2) is 22.2 Å². The number of nitrogens with zero attached hydrogens (tertiary/aromatic N) is 2. The van der Waals surface area contributed by atoms with Gasteiger partial charge >= 0.3 is 0 Å². The fourth-order valence-corrected chi connectivity index (χ4v) is 2.31. The zero-order chi connectivity index (χ0) is 14.5. The van der Waals surface area contributed by atoms with Gasteiger partial charge in [-0.05, 0) is 38.0 Å². The van der Waals surface area contributed by atoms with Crippen molar-refractivity contribution < 1.29 is 4.74 Å². The van der Waals surface area contributed by atoms with E-state index in [1.54, 1.807) is 6.20 Å². The van der Waals surface area contributed by atoms with Crippen molar-refractivity contribution >= 4 is 11.6 Å². The molecule has 0 spiro atoms. The van der Waals surface area contributed by atoms with E-state index >= 15 is 0 Å². The minimum Gasteiger partial charge on any atom is -0.490 e. The normalized spacial score (nSPS) is 12.4. The van der Waals surface area contributed by atoms with E-state index in [-0.39, 0.29) is 6.04 Å². The molecule has 5 heteroatoms. The van der Waals surface area contributed by atoms with Crippen LogP contribution < -0.4 is 10.5 Å². The van der Waals surface area contributed by atoms with Gasteiger partial charge in [0.25, 0.3) is 0 Å². The Bertz CT molecular complexity index is 566. The first-order valence-electron chi connectivity index (χ1n) is 6.71. The molecule has 2 aromatic rings. The highest BCUT2D eigenvalue weighted by molar-refractivity contribution is 6.32. The average molecular weight is 294 g/mol. The second-order valence-corrected chi connectivity index (χ2v) is 5.37. The second kappa shape index (κ2) is 6.77. The van der Waals surface area contributed by atoms with Crippen molar-refractivity contribution in [2.45, 2.75) is 32.9 Å². The Balaban J connectivity index is 1.91. The minimum atomic E-state index is 0.127. The summed E-state index contributed by atoms with van der Waals surface area (Å²) in [4.78, 5) is 4.17. The molecule has 4 nitrogen and oxygen atoms in total. The molecule has 0 aliphatic carbocycles. The summed E-state index contributed by atoms with van der Waals surface area (Å²) < 4.78 is 7.75. The zero-order valence-corrected chi connectivity index (χ0v) is 12.6. The number of nitrogens with two attached hydrogens (primary N) is 1. The van der Waals surface area contributed by atoms with Crippen molar-refractivity contribution in [1.29, 1.82) is 0 Å². The molecule has 1 aromatic heterocycles. The third kappa shape index (κ3) is 3.99. The SMILES string of the molecule is Cc1nccn1CCOc1ccc(CC(C)N)cc1Cl. The van der Waals surface area contributed by atoms with Crippen LogP contribution in [0.4, 0.5) is 0 Å². The molecular weight excluding hydrogens is 274 g/mol. The number of aryl methyl sites for hydroxylation is 1. The molecule has 1 unspecified atom stereocenters. The molecule has 20 heavy (non-hydrogen) atoms. The molecule has 0 aliphatic rings. The van der Waals surface area contributed by atoms with Crippen LogP contribution in [0, 0.1) is 6.92 Å². The first kappa shape index (κ1) is 14.9. The first-order chi connectivity index (χ1) is 9.56. The summed E-state index contributed by atoms with van der Waals surface area (Å²) in [6, 6.07) is 5.96. The van der Waals surface area contributed by atoms with Crippen molar-refractivity contribution in [3.63, 3.8) is 0 Å². The highest BCUT2D eigenvalue weighted by Gasteiger charge is 2.05. The van der Waals surface area contributed by atoms with Gasteiger partial charge in [0.05, 0.1) is 11.6 Å². The summed E-state index contributed by atoms with van der Waals surface area (Å²) in [5.74, 6) is 1.69. The zero-order valence-electron chi connectivity index (χ0n) is 11.8. The lowest BCUT2D eigenvalue weighted by atomic mass is 10.1. The molecule has 2 rings (SSSR count). The van der Waals surface area contributed by atoms with E-state index in [0.717, 1.165) is 24.4 Å². The van der Waals surface area contributed by atoms with E-state index in [0.29, 0.717) is 17.4 Å². The molecular formula is C15H20ClN3O. The summed E-state index contributed by atoms with van der Waals surface area (Å²) in [7, 11) is 0. The van der Waals surface area contributed by atoms with Crippen molar-refractivity contribution in [3.05, 3.63) is 47.0 Å². The van der Waals surface area contributed by atoms with Gasteiger partial charge in [-0.15, -0.1) is 0 Å². The molecule has 0 saturated carbocycles. The van der Waals surface area contributed by atoms with Gasteiger partial charge in [-0.2, -0.15) is 0 Å². The predicted molar refractivity (Wildman–Crippen MR) is 81.3 cm³/mol. The Morgan fingerprint density at radius 3 is 2.85 bits per heavy atom. The van der Waals surface area contributed by atoms with Gasteiger partial charge in [0.15, 0.2) is 0 Å². The van der Waals surface area contributed by atoms with E-state index in [2.05, 4.69) is 4.98 Å². The van der Waals surface area contributed by atoms with Crippen LogP contribution in [0.25, 0.3) is 0 Å². The number of benzene rings is 1. The van der Waals surface area contributed by atoms with E-state index in [4.69, 9.17) is 22.1 Å². The monoisotopic (exact) mass is 293 g/mol. The van der Waals surface area contributed by atoms with Gasteiger partial charge in [-0.3, -0.25) is 0 Å². The van der Waals surface area contributed by atoms with Gasteiger partial charge in [0.2, 0.25) is 0 Å². The quantitative estimate of drug-likeness (QED) is 0.891. The van der Waals surface area contributed by atoms with E-state index in [1.165, 1.54) is 0 Å². The van der Waals surface area contributed by atoms with Crippen LogP contribution in [0.1, 0.15) is 18.3 Å². The maximum absolute atomic E-state index is 6.22. The van der Waals surface area contributed by atoms with Gasteiger partial charge in [-0.1, -0.05) is 17.7 Å². The molecule has 108 valence electrons. The third-order valence-electron chi connectivity index (χ3n) is 3.07. The molecule has 2 N–H and O–H groups in total. The Labute approximate surface area is 124 Å². The lowest BCUT2D eigenvalue weighted by molar-refractivity contribution is 0.297. The highest BCUT2D eigenvalue weighted by atomic mass is 35.5. The van der Waals surface area contributed by atoms with Crippen LogP contribution in [0.3, 0.4) is 0 Å². The summed E-state index contributed by atoms with van der Waals surface area (Å²) >= 11 is 6.22. The standard InChI is InChI=1S/C15H20ClN3O/c1-11(17)9-13-3-4-15(14(16)10-13)20-8-7-19-6-5-18-12(19)2/h3-6,10-11H,7-9,17H2,1-2H3. The number of halogens is 1. The van der Waals surface area contributed by atoms with E-state index in [9.17, 15) is 0 Å². The van der Waals surface area contributed by atoms with Crippen LogP contribution in [0.15, 0.2) is 30.6 Å². The molecule has 1 aromatic carbocycles. The maximum atomic E-state index is 6.22. The summed E-state index contributed by atoms with van der Waals surface area (Å²) in [5, 5.41) is 0.630. The molecule has 1 atom stereocenters. The van der Waals surface area contributed by atoms with Gasteiger partial charge in [0.1, 0.15) is 18.2 Å². The second-order valence-electron chi connectivity index (χ2n) is 4.96. The Morgan fingerprint density at radius 2 is 2.25 bits per heavy atom. The van der Waals surface area contributed by atoms with Gasteiger partial charge in [0, 0.05) is 18.4 Å². The molecule has 0 radical (unpaired) electrons. The Hall–Kier alpha value is -1.52. The number of hydrogen-bond acceptors (Lipinski definition) is 3. The molecule has 0 saturated heterocycles. The number of rotatable bonds is 6. The molecule has 0 fully saturated rings. The van der Waals surface area contributed by atoms with E-state index in [1.807, 2.05) is 42.8 Å². The number of imidazole rings is 1. The molecule has 0 bridgehead atoms. The minimum absolute atomic E-state index is 0.127. The third-order valence-corrected chi connectivity index (χ3v) is 3.36. The summed E-state index contributed by atoms with van der Waals surface area (Å²) in [6.07, 6.45) is 4.53. The summed E-state index contributed by atoms with van der Waals surface area (Å²) in [5.41, 5.74) is 6.91. The summed E-state index contributed by atoms with van der Waals surface area (Å²) in [6.45, 7) is 5.26. The number of hydrogen-bond donors (Lipinski definition) is 1. The van der Waals surface area contributed by atoms with Crippen LogP contribution >= 0.6 is 11.6 Å². The fourth-order valence-electron chi connectivity index (χ4n) is 2.05. The lowest BCUT2D eigenvalue weighted by Crippen LogP contribution is -2.17. The average Bonchev–Trinajstić information content (AvgIpc) is 2.77. The smallest absolute Gasteiger partial charge is 0.137 e. The predicted octanol–water partition coefficient (Wildman–Crippen LogP) is 2.81. The number of aromatic nitrogens is 2. The largest absolute Gasteiger partial charge is 0.490 e. The highest BCUT2D eigenvalue weighted by Crippen LogP contribution is 2.26. The maximum Gasteiger partial charge on any atom is 0.137 e. The first-order valence-corrected chi connectivity index (χ1v) is 7.08. The van der Waals surface area contributed by atoms with Crippen molar-refractivity contribution in [2.75, 3.05) is 6.61 Å². The molecule has 1 heterocycles. The lowest BCUT2D eigenvalue weighted by Gasteiger charge is -2.11. The van der Waals surface area contributed by atoms with Crippen molar-refractivity contribution in [2.24, 2.45) is 5.73 Å². The van der Waals surface area contributed by atoms with Gasteiger partial charge in [-0.25, -0.2) is 4.98 Å². The van der Waals surface area contributed by atoms with E-state index < -0.39 is 0 Å². The van der Waals surface area contributed by atoms with Crippen molar-refractivity contribution in [3.8, 4) is 5.75 Å². The van der Waals surface area contributed by atoms with Crippen LogP contribution in [0.2, 0.25) is 5.02 Å². The molecule has 0 amide bonds. The Morgan fingerprint density at radius 1 is 1.45 bits per heavy atom. The fraction of sp³-hybridized carbons (Fsp3) is 0.400. The van der Waals surface area contributed by atoms with Crippen LogP contribution in [0.5, 0.6) is 5.75 Å². The van der Waals surface area contributed by atoms with Crippen molar-refractivity contribution in [1.82, 2.24) is 9.55 Å².